The lowest BCUT2D eigenvalue weighted by atomic mass is 9.86. The van der Waals surface area contributed by atoms with E-state index in [2.05, 4.69) is 12.2 Å². The summed E-state index contributed by atoms with van der Waals surface area (Å²) in [5.41, 5.74) is -1.47. The molecule has 1 N–H and O–H groups in total. The number of nitrogens with zero attached hydrogens (tertiary/aromatic N) is 1. The monoisotopic (exact) mass is 240 g/mol. The molecule has 98 valence electrons. The van der Waals surface area contributed by atoms with E-state index in [9.17, 15) is 9.59 Å². The molecule has 0 aromatic rings. The quantitative estimate of drug-likeness (QED) is 0.813. The van der Waals surface area contributed by atoms with Crippen molar-refractivity contribution in [3.05, 3.63) is 0 Å². The maximum Gasteiger partial charge on any atom is 0.248 e. The molecule has 1 atom stereocenters. The Morgan fingerprint density at radius 2 is 1.76 bits per heavy atom. The van der Waals surface area contributed by atoms with Crippen LogP contribution in [0.15, 0.2) is 0 Å². The predicted octanol–water partition coefficient (Wildman–Crippen LogP) is 1.69. The van der Waals surface area contributed by atoms with Crippen molar-refractivity contribution in [3.8, 4) is 0 Å². The van der Waals surface area contributed by atoms with Crippen LogP contribution in [0, 0.1) is 0 Å². The van der Waals surface area contributed by atoms with Crippen molar-refractivity contribution in [2.45, 2.75) is 65.0 Å². The minimum atomic E-state index is -0.736. The molecule has 1 rings (SSSR count). The zero-order chi connectivity index (χ0) is 13.3. The summed E-state index contributed by atoms with van der Waals surface area (Å²) < 4.78 is 0. The van der Waals surface area contributed by atoms with Crippen LogP contribution in [0.4, 0.5) is 0 Å². The first-order chi connectivity index (χ1) is 7.79. The fourth-order valence-corrected chi connectivity index (χ4v) is 2.07. The smallest absolute Gasteiger partial charge is 0.248 e. The zero-order valence-electron chi connectivity index (χ0n) is 11.6. The first-order valence-electron chi connectivity index (χ1n) is 6.44. The molecule has 4 heteroatoms. The summed E-state index contributed by atoms with van der Waals surface area (Å²) >= 11 is 0. The summed E-state index contributed by atoms with van der Waals surface area (Å²) in [6.07, 6.45) is 2.57. The molecule has 1 heterocycles. The minimum Gasteiger partial charge on any atom is -0.340 e. The summed E-state index contributed by atoms with van der Waals surface area (Å²) in [6.45, 7) is 10.1. The number of hydrogen-bond acceptors (Lipinski definition) is 2. The SMILES string of the molecule is CCCCN1C(=O)C(C)(CC)NC(=O)C1(C)C. The van der Waals surface area contributed by atoms with Gasteiger partial charge in [-0.15, -0.1) is 0 Å². The van der Waals surface area contributed by atoms with Gasteiger partial charge in [-0.3, -0.25) is 9.59 Å². The van der Waals surface area contributed by atoms with E-state index < -0.39 is 11.1 Å². The highest BCUT2D eigenvalue weighted by Gasteiger charge is 2.50. The molecule has 1 unspecified atom stereocenters. The fourth-order valence-electron chi connectivity index (χ4n) is 2.07. The Morgan fingerprint density at radius 1 is 1.18 bits per heavy atom. The molecule has 0 bridgehead atoms. The van der Waals surface area contributed by atoms with Gasteiger partial charge in [0.2, 0.25) is 11.8 Å². The summed E-state index contributed by atoms with van der Waals surface area (Å²) in [5, 5.41) is 2.86. The van der Waals surface area contributed by atoms with Gasteiger partial charge in [-0.2, -0.15) is 0 Å². The van der Waals surface area contributed by atoms with Gasteiger partial charge in [-0.25, -0.2) is 0 Å². The summed E-state index contributed by atoms with van der Waals surface area (Å²) in [5.74, 6) is -0.0180. The second-order valence-corrected chi connectivity index (χ2v) is 5.51. The molecule has 0 saturated carbocycles. The number of carbonyl (C=O) groups is 2. The van der Waals surface area contributed by atoms with Gasteiger partial charge in [-0.1, -0.05) is 20.3 Å². The zero-order valence-corrected chi connectivity index (χ0v) is 11.6. The van der Waals surface area contributed by atoms with E-state index in [0.29, 0.717) is 13.0 Å². The van der Waals surface area contributed by atoms with Crippen LogP contribution in [-0.2, 0) is 9.59 Å². The van der Waals surface area contributed by atoms with E-state index in [-0.39, 0.29) is 11.8 Å². The standard InChI is InChI=1S/C13H24N2O2/c1-6-8-9-15-11(17)13(5,7-2)14-10(16)12(15,3)4/h6-9H2,1-5H3,(H,14,16). The molecule has 2 amide bonds. The molecule has 0 radical (unpaired) electrons. The van der Waals surface area contributed by atoms with E-state index in [0.717, 1.165) is 12.8 Å². The Morgan fingerprint density at radius 3 is 2.24 bits per heavy atom. The van der Waals surface area contributed by atoms with Gasteiger partial charge in [0.15, 0.2) is 0 Å². The van der Waals surface area contributed by atoms with Crippen molar-refractivity contribution in [3.63, 3.8) is 0 Å². The molecule has 1 fully saturated rings. The van der Waals surface area contributed by atoms with Crippen molar-refractivity contribution >= 4 is 11.8 Å². The number of hydrogen-bond donors (Lipinski definition) is 1. The first-order valence-corrected chi connectivity index (χ1v) is 6.44. The number of rotatable bonds is 4. The Hall–Kier alpha value is -1.06. The average molecular weight is 240 g/mol. The predicted molar refractivity (Wildman–Crippen MR) is 67.5 cm³/mol. The van der Waals surface area contributed by atoms with Crippen LogP contribution in [0.3, 0.4) is 0 Å². The van der Waals surface area contributed by atoms with Crippen LogP contribution in [0.5, 0.6) is 0 Å². The molecule has 17 heavy (non-hydrogen) atoms. The van der Waals surface area contributed by atoms with Gasteiger partial charge in [0, 0.05) is 6.54 Å². The van der Waals surface area contributed by atoms with E-state index >= 15 is 0 Å². The molecule has 0 spiro atoms. The third kappa shape index (κ3) is 2.31. The molecule has 1 aliphatic rings. The van der Waals surface area contributed by atoms with Crippen molar-refractivity contribution in [2.75, 3.05) is 6.54 Å². The van der Waals surface area contributed by atoms with Gasteiger partial charge in [0.1, 0.15) is 11.1 Å². The van der Waals surface area contributed by atoms with Crippen molar-refractivity contribution in [1.29, 1.82) is 0 Å². The maximum atomic E-state index is 12.5. The number of unbranched alkanes of at least 4 members (excludes halogenated alkanes) is 1. The van der Waals surface area contributed by atoms with Crippen LogP contribution >= 0.6 is 0 Å². The van der Waals surface area contributed by atoms with Crippen molar-refractivity contribution < 1.29 is 9.59 Å². The van der Waals surface area contributed by atoms with Crippen LogP contribution in [-0.4, -0.2) is 34.3 Å². The largest absolute Gasteiger partial charge is 0.340 e. The van der Waals surface area contributed by atoms with Crippen LogP contribution in [0.25, 0.3) is 0 Å². The number of piperazine rings is 1. The molecule has 1 aliphatic heterocycles. The molecule has 0 aromatic heterocycles. The number of nitrogens with one attached hydrogen (secondary N) is 1. The molecule has 4 nitrogen and oxygen atoms in total. The van der Waals surface area contributed by atoms with Gasteiger partial charge in [0.05, 0.1) is 0 Å². The van der Waals surface area contributed by atoms with Gasteiger partial charge in [0.25, 0.3) is 0 Å². The van der Waals surface area contributed by atoms with Crippen molar-refractivity contribution in [1.82, 2.24) is 10.2 Å². The Kier molecular flexibility index (Phi) is 3.84. The van der Waals surface area contributed by atoms with Crippen LogP contribution in [0.2, 0.25) is 0 Å². The summed E-state index contributed by atoms with van der Waals surface area (Å²) in [7, 11) is 0. The highest BCUT2D eigenvalue weighted by Crippen LogP contribution is 2.28. The molecular formula is C13H24N2O2. The molecular weight excluding hydrogens is 216 g/mol. The summed E-state index contributed by atoms with van der Waals surface area (Å²) in [4.78, 5) is 26.3. The highest BCUT2D eigenvalue weighted by molar-refractivity contribution is 6.01. The van der Waals surface area contributed by atoms with Crippen molar-refractivity contribution in [2.24, 2.45) is 0 Å². The van der Waals surface area contributed by atoms with Gasteiger partial charge < -0.3 is 10.2 Å². The Labute approximate surface area is 104 Å². The molecule has 0 aliphatic carbocycles. The topological polar surface area (TPSA) is 49.4 Å². The Balaban J connectivity index is 3.02. The second kappa shape index (κ2) is 4.67. The lowest BCUT2D eigenvalue weighted by Gasteiger charge is -2.48. The number of carbonyl (C=O) groups excluding carboxylic acids is 2. The average Bonchev–Trinajstić information content (AvgIpc) is 2.27. The first kappa shape index (κ1) is 14.0. The van der Waals surface area contributed by atoms with Crippen LogP contribution < -0.4 is 5.32 Å². The van der Waals surface area contributed by atoms with E-state index in [1.807, 2.05) is 20.8 Å². The second-order valence-electron chi connectivity index (χ2n) is 5.51. The van der Waals surface area contributed by atoms with E-state index in [4.69, 9.17) is 0 Å². The highest BCUT2D eigenvalue weighted by atomic mass is 16.2. The number of amides is 2. The lowest BCUT2D eigenvalue weighted by molar-refractivity contribution is -0.160. The molecule has 0 aromatic carbocycles. The molecule has 1 saturated heterocycles. The van der Waals surface area contributed by atoms with E-state index in [1.54, 1.807) is 11.8 Å². The van der Waals surface area contributed by atoms with E-state index in [1.165, 1.54) is 0 Å². The third-order valence-corrected chi connectivity index (χ3v) is 3.78. The summed E-state index contributed by atoms with van der Waals surface area (Å²) in [6, 6.07) is 0. The third-order valence-electron chi connectivity index (χ3n) is 3.78. The normalized spacial score (nSPS) is 28.2. The fraction of sp³-hybridized carbons (Fsp3) is 0.846. The maximum absolute atomic E-state index is 12.5. The van der Waals surface area contributed by atoms with Gasteiger partial charge >= 0.3 is 0 Å². The minimum absolute atomic E-state index is 0.0399. The lowest BCUT2D eigenvalue weighted by Crippen LogP contribution is -2.73. The van der Waals surface area contributed by atoms with Crippen LogP contribution in [0.1, 0.15) is 53.9 Å². The Bertz CT molecular complexity index is 325. The van der Waals surface area contributed by atoms with Gasteiger partial charge in [-0.05, 0) is 33.6 Å².